The third-order valence-corrected chi connectivity index (χ3v) is 4.64. The van der Waals surface area contributed by atoms with Crippen LogP contribution in [0, 0.1) is 6.92 Å². The van der Waals surface area contributed by atoms with Crippen LogP contribution in [0.1, 0.15) is 10.6 Å². The summed E-state index contributed by atoms with van der Waals surface area (Å²) in [6, 6.07) is 13.1. The van der Waals surface area contributed by atoms with E-state index < -0.39 is 0 Å². The zero-order valence-electron chi connectivity index (χ0n) is 15.4. The summed E-state index contributed by atoms with van der Waals surface area (Å²) >= 11 is 1.62. The third kappa shape index (κ3) is 4.95. The molecule has 3 aromatic rings. The standard InChI is InChI=1S/C21H20N2O3S/c1-14-22-20(13-27-14)16-5-7-17(8-6-16)23-21(24)9-4-15-10-18(25-2)12-19(11-15)26-3/h4-13H,1-3H3,(H,23,24)/b9-4+. The predicted molar refractivity (Wildman–Crippen MR) is 109 cm³/mol. The van der Waals surface area contributed by atoms with Crippen molar-refractivity contribution in [3.05, 3.63) is 64.5 Å². The van der Waals surface area contributed by atoms with Gasteiger partial charge >= 0.3 is 0 Å². The van der Waals surface area contributed by atoms with E-state index in [9.17, 15) is 4.79 Å². The smallest absolute Gasteiger partial charge is 0.248 e. The minimum Gasteiger partial charge on any atom is -0.497 e. The van der Waals surface area contributed by atoms with Crippen LogP contribution < -0.4 is 14.8 Å². The Morgan fingerprint density at radius 3 is 2.30 bits per heavy atom. The van der Waals surface area contributed by atoms with Crippen molar-refractivity contribution in [3.63, 3.8) is 0 Å². The van der Waals surface area contributed by atoms with Crippen LogP contribution >= 0.6 is 11.3 Å². The van der Waals surface area contributed by atoms with Crippen molar-refractivity contribution in [1.29, 1.82) is 0 Å². The maximum absolute atomic E-state index is 12.2. The van der Waals surface area contributed by atoms with E-state index in [0.29, 0.717) is 11.5 Å². The van der Waals surface area contributed by atoms with Crippen molar-refractivity contribution in [3.8, 4) is 22.8 Å². The molecule has 5 nitrogen and oxygen atoms in total. The summed E-state index contributed by atoms with van der Waals surface area (Å²) in [6.45, 7) is 1.98. The Bertz CT molecular complexity index is 940. The fourth-order valence-electron chi connectivity index (χ4n) is 2.50. The van der Waals surface area contributed by atoms with Gasteiger partial charge in [-0.25, -0.2) is 4.98 Å². The molecule has 1 aromatic heterocycles. The molecular formula is C21H20N2O3S. The maximum Gasteiger partial charge on any atom is 0.248 e. The average molecular weight is 380 g/mol. The van der Waals surface area contributed by atoms with Gasteiger partial charge in [0.2, 0.25) is 5.91 Å². The predicted octanol–water partition coefficient (Wildman–Crippen LogP) is 4.79. The van der Waals surface area contributed by atoms with Crippen molar-refractivity contribution in [2.75, 3.05) is 19.5 Å². The van der Waals surface area contributed by atoms with Gasteiger partial charge in [0.05, 0.1) is 24.9 Å². The summed E-state index contributed by atoms with van der Waals surface area (Å²) in [5.41, 5.74) is 3.51. The molecule has 1 amide bonds. The fourth-order valence-corrected chi connectivity index (χ4v) is 3.12. The quantitative estimate of drug-likeness (QED) is 0.625. The highest BCUT2D eigenvalue weighted by molar-refractivity contribution is 7.09. The number of carbonyl (C=O) groups excluding carboxylic acids is 1. The molecule has 0 saturated heterocycles. The van der Waals surface area contributed by atoms with Gasteiger partial charge < -0.3 is 14.8 Å². The van der Waals surface area contributed by atoms with Gasteiger partial charge in [-0.05, 0) is 42.8 Å². The summed E-state index contributed by atoms with van der Waals surface area (Å²) in [5, 5.41) is 5.90. The van der Waals surface area contributed by atoms with Crippen LogP contribution in [-0.2, 0) is 4.79 Å². The largest absolute Gasteiger partial charge is 0.497 e. The van der Waals surface area contributed by atoms with Gasteiger partial charge in [-0.1, -0.05) is 12.1 Å². The van der Waals surface area contributed by atoms with Crippen LogP contribution in [0.3, 0.4) is 0 Å². The third-order valence-electron chi connectivity index (χ3n) is 3.87. The highest BCUT2D eigenvalue weighted by atomic mass is 32.1. The SMILES string of the molecule is COc1cc(/C=C/C(=O)Nc2ccc(-c3csc(C)n3)cc2)cc(OC)c1. The van der Waals surface area contributed by atoms with Gasteiger partial charge in [0, 0.05) is 28.8 Å². The molecular weight excluding hydrogens is 360 g/mol. The summed E-state index contributed by atoms with van der Waals surface area (Å²) in [5.74, 6) is 1.12. The highest BCUT2D eigenvalue weighted by Gasteiger charge is 2.04. The molecule has 0 unspecified atom stereocenters. The molecule has 2 aromatic carbocycles. The van der Waals surface area contributed by atoms with Gasteiger partial charge in [-0.2, -0.15) is 0 Å². The number of anilines is 1. The zero-order valence-corrected chi connectivity index (χ0v) is 16.2. The molecule has 1 heterocycles. The molecule has 0 spiro atoms. The van der Waals surface area contributed by atoms with Crippen LogP contribution in [0.15, 0.2) is 53.9 Å². The van der Waals surface area contributed by atoms with E-state index in [2.05, 4.69) is 10.3 Å². The maximum atomic E-state index is 12.2. The van der Waals surface area contributed by atoms with Crippen molar-refractivity contribution in [2.24, 2.45) is 0 Å². The Morgan fingerprint density at radius 1 is 1.07 bits per heavy atom. The number of benzene rings is 2. The van der Waals surface area contributed by atoms with E-state index in [1.165, 1.54) is 6.08 Å². The van der Waals surface area contributed by atoms with Gasteiger partial charge in [-0.3, -0.25) is 4.79 Å². The lowest BCUT2D eigenvalue weighted by Gasteiger charge is -2.06. The fraction of sp³-hybridized carbons (Fsp3) is 0.143. The number of nitrogens with one attached hydrogen (secondary N) is 1. The summed E-state index contributed by atoms with van der Waals surface area (Å²) in [6.07, 6.45) is 3.19. The minimum absolute atomic E-state index is 0.214. The molecule has 0 aliphatic rings. The topological polar surface area (TPSA) is 60.5 Å². The molecule has 0 fully saturated rings. The Kier molecular flexibility index (Phi) is 5.88. The Balaban J connectivity index is 1.66. The number of rotatable bonds is 6. The van der Waals surface area contributed by atoms with Crippen LogP contribution in [0.25, 0.3) is 17.3 Å². The second kappa shape index (κ2) is 8.51. The molecule has 0 aliphatic carbocycles. The lowest BCUT2D eigenvalue weighted by atomic mass is 10.1. The summed E-state index contributed by atoms with van der Waals surface area (Å²) in [4.78, 5) is 16.6. The second-order valence-electron chi connectivity index (χ2n) is 5.80. The molecule has 0 radical (unpaired) electrons. The zero-order chi connectivity index (χ0) is 19.2. The monoisotopic (exact) mass is 380 g/mol. The first-order valence-corrected chi connectivity index (χ1v) is 9.20. The van der Waals surface area contributed by atoms with Crippen LogP contribution in [0.2, 0.25) is 0 Å². The number of methoxy groups -OCH3 is 2. The molecule has 0 aliphatic heterocycles. The number of ether oxygens (including phenoxy) is 2. The molecule has 6 heteroatoms. The van der Waals surface area contributed by atoms with Crippen molar-refractivity contribution < 1.29 is 14.3 Å². The number of aromatic nitrogens is 1. The van der Waals surface area contributed by atoms with E-state index in [4.69, 9.17) is 9.47 Å². The molecule has 138 valence electrons. The normalized spacial score (nSPS) is 10.8. The van der Waals surface area contributed by atoms with E-state index in [1.807, 2.05) is 48.7 Å². The highest BCUT2D eigenvalue weighted by Crippen LogP contribution is 2.24. The van der Waals surface area contributed by atoms with E-state index in [-0.39, 0.29) is 5.91 Å². The molecule has 0 atom stereocenters. The molecule has 3 rings (SSSR count). The molecule has 1 N–H and O–H groups in total. The number of hydrogen-bond donors (Lipinski definition) is 1. The molecule has 0 saturated carbocycles. The van der Waals surface area contributed by atoms with E-state index >= 15 is 0 Å². The van der Waals surface area contributed by atoms with E-state index in [1.54, 1.807) is 37.7 Å². The first-order valence-electron chi connectivity index (χ1n) is 8.32. The van der Waals surface area contributed by atoms with Crippen LogP contribution in [0.5, 0.6) is 11.5 Å². The Labute approximate surface area is 162 Å². The number of carbonyl (C=O) groups is 1. The van der Waals surface area contributed by atoms with Crippen molar-refractivity contribution in [2.45, 2.75) is 6.92 Å². The molecule has 0 bridgehead atoms. The number of hydrogen-bond acceptors (Lipinski definition) is 5. The number of amides is 1. The Morgan fingerprint density at radius 2 is 1.74 bits per heavy atom. The summed E-state index contributed by atoms with van der Waals surface area (Å²) in [7, 11) is 3.18. The van der Waals surface area contributed by atoms with Gasteiger partial charge in [0.25, 0.3) is 0 Å². The van der Waals surface area contributed by atoms with Gasteiger partial charge in [0.15, 0.2) is 0 Å². The van der Waals surface area contributed by atoms with Gasteiger partial charge in [0.1, 0.15) is 11.5 Å². The Hall–Kier alpha value is -3.12. The van der Waals surface area contributed by atoms with Crippen LogP contribution in [-0.4, -0.2) is 25.1 Å². The molecule has 27 heavy (non-hydrogen) atoms. The van der Waals surface area contributed by atoms with Crippen molar-refractivity contribution >= 4 is 29.0 Å². The first-order chi connectivity index (χ1) is 13.1. The lowest BCUT2D eigenvalue weighted by molar-refractivity contribution is -0.111. The second-order valence-corrected chi connectivity index (χ2v) is 6.86. The number of nitrogens with zero attached hydrogens (tertiary/aromatic N) is 1. The first kappa shape index (κ1) is 18.7. The van der Waals surface area contributed by atoms with Gasteiger partial charge in [-0.15, -0.1) is 11.3 Å². The van der Waals surface area contributed by atoms with E-state index in [0.717, 1.165) is 27.5 Å². The van der Waals surface area contributed by atoms with Crippen molar-refractivity contribution in [1.82, 2.24) is 4.98 Å². The number of aryl methyl sites for hydroxylation is 1. The minimum atomic E-state index is -0.214. The average Bonchev–Trinajstić information content (AvgIpc) is 3.13. The summed E-state index contributed by atoms with van der Waals surface area (Å²) < 4.78 is 10.5. The number of thiazole rings is 1. The lowest BCUT2D eigenvalue weighted by Crippen LogP contribution is -2.07. The van der Waals surface area contributed by atoms with Crippen LogP contribution in [0.4, 0.5) is 5.69 Å².